The fraction of sp³-hybridized carbons (Fsp3) is 0.154. The van der Waals surface area contributed by atoms with Gasteiger partial charge in [0.1, 0.15) is 0 Å². The number of hydrogen-bond donors (Lipinski definition) is 1. The molecule has 0 unspecified atom stereocenters. The first-order chi connectivity index (χ1) is 15.7. The summed E-state index contributed by atoms with van der Waals surface area (Å²) in [6, 6.07) is 16.9. The molecule has 166 valence electrons. The lowest BCUT2D eigenvalue weighted by Crippen LogP contribution is -2.29. The van der Waals surface area contributed by atoms with Crippen molar-refractivity contribution in [3.05, 3.63) is 94.0 Å². The quantitative estimate of drug-likeness (QED) is 0.472. The number of nitrogens with one attached hydrogen (secondary N) is 1. The van der Waals surface area contributed by atoms with E-state index in [1.165, 1.54) is 18.2 Å². The first-order valence-electron chi connectivity index (χ1n) is 10.4. The van der Waals surface area contributed by atoms with Crippen molar-refractivity contribution < 1.29 is 23.9 Å². The van der Waals surface area contributed by atoms with Gasteiger partial charge in [0.2, 0.25) is 0 Å². The maximum absolute atomic E-state index is 12.9. The largest absolute Gasteiger partial charge is 0.452 e. The van der Waals surface area contributed by atoms with Crippen molar-refractivity contribution in [2.75, 3.05) is 16.8 Å². The minimum Gasteiger partial charge on any atom is -0.452 e. The Balaban J connectivity index is 1.46. The van der Waals surface area contributed by atoms with Crippen LogP contribution in [0.25, 0.3) is 0 Å². The Hall–Kier alpha value is -4.26. The van der Waals surface area contributed by atoms with Gasteiger partial charge in [-0.3, -0.25) is 14.4 Å². The highest BCUT2D eigenvalue weighted by Crippen LogP contribution is 2.31. The van der Waals surface area contributed by atoms with Crippen molar-refractivity contribution in [1.29, 1.82) is 0 Å². The lowest BCUT2D eigenvalue weighted by atomic mass is 10.1. The van der Waals surface area contributed by atoms with Gasteiger partial charge in [-0.15, -0.1) is 0 Å². The Morgan fingerprint density at radius 1 is 0.848 bits per heavy atom. The van der Waals surface area contributed by atoms with E-state index < -0.39 is 30.3 Å². The Labute approximate surface area is 191 Å². The number of fused-ring (bicyclic) bond motifs is 1. The molecular weight excluding hydrogens is 420 g/mol. The minimum atomic E-state index is -0.761. The zero-order chi connectivity index (χ0) is 23.7. The van der Waals surface area contributed by atoms with Gasteiger partial charge in [0.25, 0.3) is 17.7 Å². The molecule has 1 aliphatic heterocycles. The van der Waals surface area contributed by atoms with Gasteiger partial charge in [-0.25, -0.2) is 9.69 Å². The van der Waals surface area contributed by atoms with Crippen molar-refractivity contribution in [2.45, 2.75) is 20.8 Å². The molecule has 33 heavy (non-hydrogen) atoms. The third-order valence-corrected chi connectivity index (χ3v) is 5.32. The summed E-state index contributed by atoms with van der Waals surface area (Å²) < 4.78 is 5.11. The number of hydrogen-bond acceptors (Lipinski definition) is 5. The summed E-state index contributed by atoms with van der Waals surface area (Å²) in [5, 5.41) is 2.69. The van der Waals surface area contributed by atoms with Gasteiger partial charge >= 0.3 is 5.97 Å². The van der Waals surface area contributed by atoms with Crippen molar-refractivity contribution in [3.8, 4) is 0 Å². The number of ether oxygens (including phenoxy) is 1. The summed E-state index contributed by atoms with van der Waals surface area (Å²) in [6.07, 6.45) is 0. The van der Waals surface area contributed by atoms with Crippen LogP contribution in [0.15, 0.2) is 60.7 Å². The molecule has 0 atom stereocenters. The molecule has 3 aromatic carbocycles. The van der Waals surface area contributed by atoms with Crippen LogP contribution in [0.2, 0.25) is 0 Å². The van der Waals surface area contributed by atoms with Crippen molar-refractivity contribution in [2.24, 2.45) is 0 Å². The molecule has 0 saturated heterocycles. The van der Waals surface area contributed by atoms with E-state index in [1.807, 2.05) is 51.1 Å². The number of carbonyl (C=O) groups excluding carboxylic acids is 4. The van der Waals surface area contributed by atoms with Crippen LogP contribution in [0.3, 0.4) is 0 Å². The van der Waals surface area contributed by atoms with E-state index in [0.29, 0.717) is 11.4 Å². The Morgan fingerprint density at radius 3 is 2.21 bits per heavy atom. The summed E-state index contributed by atoms with van der Waals surface area (Å²) >= 11 is 0. The summed E-state index contributed by atoms with van der Waals surface area (Å²) in [6.45, 7) is 5.17. The van der Waals surface area contributed by atoms with Crippen LogP contribution >= 0.6 is 0 Å². The maximum Gasteiger partial charge on any atom is 0.338 e. The monoisotopic (exact) mass is 442 g/mol. The van der Waals surface area contributed by atoms with Crippen LogP contribution in [-0.4, -0.2) is 30.3 Å². The molecule has 0 bridgehead atoms. The Kier molecular flexibility index (Phi) is 5.79. The second-order valence-electron chi connectivity index (χ2n) is 7.99. The molecule has 3 amide bonds. The number of anilines is 2. The number of esters is 1. The maximum atomic E-state index is 12.9. The zero-order valence-corrected chi connectivity index (χ0v) is 18.5. The number of nitrogens with zero attached hydrogens (tertiary/aromatic N) is 1. The predicted molar refractivity (Wildman–Crippen MR) is 124 cm³/mol. The normalized spacial score (nSPS) is 12.5. The second kappa shape index (κ2) is 8.70. The molecule has 1 heterocycles. The van der Waals surface area contributed by atoms with Gasteiger partial charge in [0.15, 0.2) is 6.61 Å². The molecule has 7 nitrogen and oxygen atoms in total. The summed E-state index contributed by atoms with van der Waals surface area (Å²) in [4.78, 5) is 51.5. The fourth-order valence-corrected chi connectivity index (χ4v) is 3.86. The molecule has 1 aliphatic rings. The molecular formula is C26H22N2O5. The highest BCUT2D eigenvalue weighted by Gasteiger charge is 2.37. The first kappa shape index (κ1) is 22.0. The van der Waals surface area contributed by atoms with E-state index in [4.69, 9.17) is 4.74 Å². The van der Waals surface area contributed by atoms with E-state index in [2.05, 4.69) is 5.32 Å². The average Bonchev–Trinajstić information content (AvgIpc) is 3.01. The molecule has 0 fully saturated rings. The van der Waals surface area contributed by atoms with Crippen LogP contribution < -0.4 is 10.2 Å². The van der Waals surface area contributed by atoms with Crippen LogP contribution in [0.1, 0.15) is 47.8 Å². The Morgan fingerprint density at radius 2 is 1.52 bits per heavy atom. The summed E-state index contributed by atoms with van der Waals surface area (Å²) in [7, 11) is 0. The van der Waals surface area contributed by atoms with Crippen molar-refractivity contribution in [3.63, 3.8) is 0 Å². The van der Waals surface area contributed by atoms with Crippen LogP contribution in [0.5, 0.6) is 0 Å². The molecule has 1 N–H and O–H groups in total. The molecule has 4 rings (SSSR count). The molecule has 0 aromatic heterocycles. The van der Waals surface area contributed by atoms with Gasteiger partial charge in [0, 0.05) is 5.69 Å². The van der Waals surface area contributed by atoms with Gasteiger partial charge in [-0.05, 0) is 73.9 Å². The number of amides is 3. The van der Waals surface area contributed by atoms with Gasteiger partial charge in [-0.1, -0.05) is 24.3 Å². The first-order valence-corrected chi connectivity index (χ1v) is 10.4. The summed E-state index contributed by atoms with van der Waals surface area (Å²) in [5.41, 5.74) is 4.31. The lowest BCUT2D eigenvalue weighted by molar-refractivity contribution is -0.119. The van der Waals surface area contributed by atoms with E-state index in [0.717, 1.165) is 21.6 Å². The van der Waals surface area contributed by atoms with Crippen LogP contribution in [0, 0.1) is 20.8 Å². The van der Waals surface area contributed by atoms with Gasteiger partial charge in [0.05, 0.1) is 22.4 Å². The standard InChI is InChI=1S/C26H22N2O5/c1-15-10-16(2)12-19(11-15)27-23(29)14-33-26(32)18-8-9-20-21(13-18)25(31)28(24(20)30)22-7-5-4-6-17(22)3/h4-13H,14H2,1-3H3,(H,27,29). The van der Waals surface area contributed by atoms with E-state index in [1.54, 1.807) is 12.1 Å². The molecule has 3 aromatic rings. The van der Waals surface area contributed by atoms with Crippen LogP contribution in [-0.2, 0) is 9.53 Å². The smallest absolute Gasteiger partial charge is 0.338 e. The summed E-state index contributed by atoms with van der Waals surface area (Å²) in [5.74, 6) is -2.20. The number of rotatable bonds is 5. The third-order valence-electron chi connectivity index (χ3n) is 5.32. The number of imide groups is 1. The lowest BCUT2D eigenvalue weighted by Gasteiger charge is -2.16. The predicted octanol–water partition coefficient (Wildman–Crippen LogP) is 4.21. The topological polar surface area (TPSA) is 92.8 Å². The molecule has 0 saturated carbocycles. The number of carbonyl (C=O) groups is 4. The fourth-order valence-electron chi connectivity index (χ4n) is 3.86. The number of para-hydroxylation sites is 1. The molecule has 0 radical (unpaired) electrons. The highest BCUT2D eigenvalue weighted by molar-refractivity contribution is 6.35. The molecule has 0 aliphatic carbocycles. The second-order valence-corrected chi connectivity index (χ2v) is 7.99. The SMILES string of the molecule is Cc1cc(C)cc(NC(=O)COC(=O)c2ccc3c(c2)C(=O)N(c2ccccc2C)C3=O)c1. The molecule has 7 heteroatoms. The number of benzene rings is 3. The van der Waals surface area contributed by atoms with Crippen molar-refractivity contribution >= 4 is 35.1 Å². The van der Waals surface area contributed by atoms with E-state index in [-0.39, 0.29) is 16.7 Å². The van der Waals surface area contributed by atoms with E-state index >= 15 is 0 Å². The zero-order valence-electron chi connectivity index (χ0n) is 18.5. The average molecular weight is 442 g/mol. The van der Waals surface area contributed by atoms with Crippen molar-refractivity contribution in [1.82, 2.24) is 0 Å². The van der Waals surface area contributed by atoms with Gasteiger partial charge < -0.3 is 10.1 Å². The molecule has 0 spiro atoms. The minimum absolute atomic E-state index is 0.0840. The third kappa shape index (κ3) is 4.39. The van der Waals surface area contributed by atoms with E-state index in [9.17, 15) is 19.2 Å². The number of aryl methyl sites for hydroxylation is 3. The van der Waals surface area contributed by atoms with Crippen LogP contribution in [0.4, 0.5) is 11.4 Å². The Bertz CT molecular complexity index is 1290. The highest BCUT2D eigenvalue weighted by atomic mass is 16.5. The van der Waals surface area contributed by atoms with Gasteiger partial charge in [-0.2, -0.15) is 0 Å².